The lowest BCUT2D eigenvalue weighted by molar-refractivity contribution is -0.137. The Hall–Kier alpha value is -2.61. The highest BCUT2D eigenvalue weighted by Gasteiger charge is 2.27. The highest BCUT2D eigenvalue weighted by molar-refractivity contribution is 7.13. The molecule has 1 aliphatic heterocycles. The van der Waals surface area contributed by atoms with E-state index < -0.39 is 0 Å². The van der Waals surface area contributed by atoms with Crippen LogP contribution in [0, 0.1) is 5.92 Å². The van der Waals surface area contributed by atoms with Gasteiger partial charge in [-0.05, 0) is 43.9 Å². The zero-order chi connectivity index (χ0) is 23.1. The van der Waals surface area contributed by atoms with Gasteiger partial charge in [0.15, 0.2) is 11.5 Å². The van der Waals surface area contributed by atoms with Crippen molar-refractivity contribution in [2.24, 2.45) is 5.92 Å². The summed E-state index contributed by atoms with van der Waals surface area (Å²) in [7, 11) is 3.21. The van der Waals surface area contributed by atoms with Crippen molar-refractivity contribution < 1.29 is 19.1 Å². The molecule has 0 unspecified atom stereocenters. The van der Waals surface area contributed by atoms with Crippen LogP contribution < -0.4 is 14.8 Å². The molecule has 8 heteroatoms. The summed E-state index contributed by atoms with van der Waals surface area (Å²) < 4.78 is 10.6. The quantitative estimate of drug-likeness (QED) is 0.615. The number of carbonyl (C=O) groups is 2. The fourth-order valence-electron chi connectivity index (χ4n) is 4.07. The van der Waals surface area contributed by atoms with E-state index in [1.807, 2.05) is 28.5 Å². The molecule has 0 saturated carbocycles. The number of nitrogens with one attached hydrogen (secondary N) is 1. The number of benzene rings is 1. The van der Waals surface area contributed by atoms with Gasteiger partial charge < -0.3 is 19.7 Å². The maximum absolute atomic E-state index is 12.6. The molecule has 32 heavy (non-hydrogen) atoms. The molecule has 3 rings (SSSR count). The Bertz CT molecular complexity index is 918. The average Bonchev–Trinajstić information content (AvgIpc) is 3.28. The molecule has 1 aliphatic rings. The molecule has 1 saturated heterocycles. The predicted octanol–water partition coefficient (Wildman–Crippen LogP) is 3.91. The third-order valence-corrected chi connectivity index (χ3v) is 6.97. The Balaban J connectivity index is 1.52. The predicted molar refractivity (Wildman–Crippen MR) is 126 cm³/mol. The van der Waals surface area contributed by atoms with Gasteiger partial charge in [0.25, 0.3) is 0 Å². The van der Waals surface area contributed by atoms with Crippen molar-refractivity contribution in [1.29, 1.82) is 0 Å². The fraction of sp³-hybridized carbons (Fsp3) is 0.542. The number of amides is 2. The first kappa shape index (κ1) is 24.0. The highest BCUT2D eigenvalue weighted by atomic mass is 32.1. The van der Waals surface area contributed by atoms with E-state index in [4.69, 9.17) is 9.47 Å². The Morgan fingerprint density at radius 2 is 1.84 bits per heavy atom. The highest BCUT2D eigenvalue weighted by Crippen LogP contribution is 2.33. The molecule has 1 N–H and O–H groups in total. The van der Waals surface area contributed by atoms with Crippen molar-refractivity contribution in [3.63, 3.8) is 0 Å². The number of likely N-dealkylation sites (tertiary alicyclic amines) is 1. The molecule has 1 aromatic carbocycles. The minimum atomic E-state index is -0.0288. The molecule has 174 valence electrons. The minimum absolute atomic E-state index is 0.0288. The summed E-state index contributed by atoms with van der Waals surface area (Å²) in [5, 5.41) is 5.87. The molecular weight excluding hydrogens is 426 g/mol. The molecule has 1 fully saturated rings. The topological polar surface area (TPSA) is 80.8 Å². The molecule has 0 spiro atoms. The lowest BCUT2D eigenvalue weighted by Crippen LogP contribution is -2.48. The number of piperidine rings is 1. The van der Waals surface area contributed by atoms with E-state index in [1.54, 1.807) is 14.2 Å². The van der Waals surface area contributed by atoms with Gasteiger partial charge in [-0.3, -0.25) is 9.59 Å². The van der Waals surface area contributed by atoms with E-state index in [0.717, 1.165) is 41.9 Å². The Labute approximate surface area is 194 Å². The third kappa shape index (κ3) is 5.79. The number of rotatable bonds is 9. The molecule has 7 nitrogen and oxygen atoms in total. The van der Waals surface area contributed by atoms with Gasteiger partial charge in [-0.15, -0.1) is 11.3 Å². The van der Waals surface area contributed by atoms with Crippen LogP contribution in [-0.2, 0) is 16.0 Å². The fourth-order valence-corrected chi connectivity index (χ4v) is 4.89. The zero-order valence-electron chi connectivity index (χ0n) is 19.3. The molecule has 0 atom stereocenters. The molecule has 0 radical (unpaired) electrons. The van der Waals surface area contributed by atoms with Crippen LogP contribution in [-0.4, -0.2) is 55.0 Å². The first-order valence-corrected chi connectivity index (χ1v) is 12.1. The summed E-state index contributed by atoms with van der Waals surface area (Å²) in [6, 6.07) is 5.78. The number of aromatic nitrogens is 1. The molecule has 2 aromatic rings. The molecule has 1 aromatic heterocycles. The molecule has 2 heterocycles. The maximum Gasteiger partial charge on any atom is 0.226 e. The first-order chi connectivity index (χ1) is 15.5. The third-order valence-electron chi connectivity index (χ3n) is 6.03. The van der Waals surface area contributed by atoms with Crippen molar-refractivity contribution in [2.75, 3.05) is 27.3 Å². The Morgan fingerprint density at radius 3 is 2.47 bits per heavy atom. The van der Waals surface area contributed by atoms with Gasteiger partial charge in [0.05, 0.1) is 26.3 Å². The van der Waals surface area contributed by atoms with E-state index in [0.29, 0.717) is 24.6 Å². The second-order valence-corrected chi connectivity index (χ2v) is 8.93. The summed E-state index contributed by atoms with van der Waals surface area (Å²) in [6.45, 7) is 5.54. The van der Waals surface area contributed by atoms with Crippen LogP contribution in [0.25, 0.3) is 10.6 Å². The minimum Gasteiger partial charge on any atom is -0.493 e. The number of carbonyl (C=O) groups excluding carboxylic acids is 2. The van der Waals surface area contributed by atoms with E-state index in [1.165, 1.54) is 11.3 Å². The van der Waals surface area contributed by atoms with Gasteiger partial charge >= 0.3 is 0 Å². The van der Waals surface area contributed by atoms with Crippen LogP contribution in [0.2, 0.25) is 0 Å². The number of hydrogen-bond acceptors (Lipinski definition) is 6. The number of thiazole rings is 1. The van der Waals surface area contributed by atoms with Crippen molar-refractivity contribution >= 4 is 23.2 Å². The van der Waals surface area contributed by atoms with E-state index >= 15 is 0 Å². The van der Waals surface area contributed by atoms with Gasteiger partial charge in [0, 0.05) is 36.0 Å². The lowest BCUT2D eigenvalue weighted by atomic mass is 9.98. The molecule has 0 aliphatic carbocycles. The van der Waals surface area contributed by atoms with Gasteiger partial charge in [0.2, 0.25) is 11.8 Å². The molecular formula is C24H33N3O4S. The maximum atomic E-state index is 12.6. The van der Waals surface area contributed by atoms with Crippen LogP contribution in [0.5, 0.6) is 11.5 Å². The van der Waals surface area contributed by atoms with Crippen molar-refractivity contribution in [3.05, 3.63) is 29.3 Å². The summed E-state index contributed by atoms with van der Waals surface area (Å²) in [5.41, 5.74) is 1.67. The van der Waals surface area contributed by atoms with Crippen molar-refractivity contribution in [3.8, 4) is 22.1 Å². The van der Waals surface area contributed by atoms with Crippen LogP contribution in [0.3, 0.4) is 0 Å². The number of hydrogen-bond donors (Lipinski definition) is 1. The summed E-state index contributed by atoms with van der Waals surface area (Å²) in [6.07, 6.45) is 3.60. The van der Waals surface area contributed by atoms with Gasteiger partial charge in [-0.25, -0.2) is 4.98 Å². The van der Waals surface area contributed by atoms with E-state index in [9.17, 15) is 9.59 Å². The SMILES string of the molecule is CCC(CC)C(=O)N1CCC(NC(=O)Cc2csc(-c3ccc(OC)c(OC)c3)n2)CC1. The Morgan fingerprint density at radius 1 is 1.16 bits per heavy atom. The smallest absolute Gasteiger partial charge is 0.226 e. The van der Waals surface area contributed by atoms with Crippen LogP contribution in [0.15, 0.2) is 23.6 Å². The van der Waals surface area contributed by atoms with Crippen LogP contribution in [0.1, 0.15) is 45.2 Å². The number of nitrogens with zero attached hydrogens (tertiary/aromatic N) is 2. The van der Waals surface area contributed by atoms with Crippen LogP contribution in [0.4, 0.5) is 0 Å². The normalized spacial score (nSPS) is 14.5. The summed E-state index contributed by atoms with van der Waals surface area (Å²) in [5.74, 6) is 1.66. The first-order valence-electron chi connectivity index (χ1n) is 11.2. The summed E-state index contributed by atoms with van der Waals surface area (Å²) >= 11 is 1.50. The van der Waals surface area contributed by atoms with Crippen LogP contribution >= 0.6 is 11.3 Å². The van der Waals surface area contributed by atoms with Crippen molar-refractivity contribution in [1.82, 2.24) is 15.2 Å². The van der Waals surface area contributed by atoms with Gasteiger partial charge in [0.1, 0.15) is 5.01 Å². The van der Waals surface area contributed by atoms with Crippen molar-refractivity contribution in [2.45, 2.75) is 52.0 Å². The lowest BCUT2D eigenvalue weighted by Gasteiger charge is -2.34. The molecule has 2 amide bonds. The molecule has 0 bridgehead atoms. The zero-order valence-corrected chi connectivity index (χ0v) is 20.2. The average molecular weight is 460 g/mol. The largest absolute Gasteiger partial charge is 0.493 e. The second kappa shape index (κ2) is 11.3. The second-order valence-electron chi connectivity index (χ2n) is 8.07. The summed E-state index contributed by atoms with van der Waals surface area (Å²) in [4.78, 5) is 31.7. The van der Waals surface area contributed by atoms with E-state index in [2.05, 4.69) is 24.1 Å². The number of ether oxygens (including phenoxy) is 2. The van der Waals surface area contributed by atoms with Gasteiger partial charge in [-0.2, -0.15) is 0 Å². The Kier molecular flexibility index (Phi) is 8.50. The standard InChI is InChI=1S/C24H33N3O4S/c1-5-16(6-2)24(29)27-11-9-18(10-12-27)25-22(28)14-19-15-32-23(26-19)17-7-8-20(30-3)21(13-17)31-4/h7-8,13,15-16,18H,5-6,9-12,14H2,1-4H3,(H,25,28). The number of methoxy groups -OCH3 is 2. The van der Waals surface area contributed by atoms with Gasteiger partial charge in [-0.1, -0.05) is 13.8 Å². The van der Waals surface area contributed by atoms with E-state index in [-0.39, 0.29) is 30.2 Å². The monoisotopic (exact) mass is 459 g/mol.